The monoisotopic (exact) mass is 1080 g/mol. The number of benzene rings is 4. The fraction of sp³-hybridized carbons (Fsp3) is 0.385. The highest BCUT2D eigenvalue weighted by Gasteiger charge is 2.24. The lowest BCUT2D eigenvalue weighted by Crippen LogP contribution is -2.37. The van der Waals surface area contributed by atoms with Crippen molar-refractivity contribution in [2.24, 2.45) is 0 Å². The molecule has 2 saturated heterocycles. The summed E-state index contributed by atoms with van der Waals surface area (Å²) >= 11 is 0. The largest absolute Gasteiger partial charge is 0.378 e. The van der Waals surface area contributed by atoms with E-state index < -0.39 is 20.0 Å². The summed E-state index contributed by atoms with van der Waals surface area (Å²) in [6.07, 6.45) is 4.38. The average Bonchev–Trinajstić information content (AvgIpc) is 3.40. The molecule has 0 atom stereocenters. The number of nitrogens with one attached hydrogen (secondary N) is 6. The van der Waals surface area contributed by atoms with Crippen LogP contribution in [0.4, 0.5) is 58.4 Å². The highest BCUT2D eigenvalue weighted by Crippen LogP contribution is 2.30. The fourth-order valence-electron chi connectivity index (χ4n) is 8.14. The van der Waals surface area contributed by atoms with E-state index in [4.69, 9.17) is 29.4 Å². The molecule has 2 aliphatic rings. The van der Waals surface area contributed by atoms with Crippen molar-refractivity contribution in [2.75, 3.05) is 152 Å². The minimum Gasteiger partial charge on any atom is -0.378 e. The summed E-state index contributed by atoms with van der Waals surface area (Å²) in [6.45, 7) is 6.24. The molecular weight excluding hydrogens is 1010 g/mol. The van der Waals surface area contributed by atoms with Gasteiger partial charge >= 0.3 is 0 Å². The maximum atomic E-state index is 14.4. The Kier molecular flexibility index (Phi) is 18.1. The number of hydrogen-bond donors (Lipinski definition) is 6. The van der Waals surface area contributed by atoms with Crippen LogP contribution in [0.2, 0.25) is 0 Å². The molecule has 6 N–H and O–H groups in total. The van der Waals surface area contributed by atoms with E-state index in [0.717, 1.165) is 24.5 Å². The lowest BCUT2D eigenvalue weighted by molar-refractivity contribution is -0.870. The van der Waals surface area contributed by atoms with E-state index in [0.29, 0.717) is 121 Å². The molecule has 0 amide bonds. The van der Waals surface area contributed by atoms with Crippen molar-refractivity contribution in [3.05, 3.63) is 108 Å². The van der Waals surface area contributed by atoms with Crippen molar-refractivity contribution in [3.63, 3.8) is 0 Å². The number of quaternary nitrogens is 2. The second kappa shape index (κ2) is 24.8. The van der Waals surface area contributed by atoms with Gasteiger partial charge in [0.15, 0.2) is 0 Å². The van der Waals surface area contributed by atoms with Gasteiger partial charge in [-0.05, 0) is 59.7 Å². The minimum atomic E-state index is -4.16. The molecule has 76 heavy (non-hydrogen) atoms. The Balaban J connectivity index is 1.14. The lowest BCUT2D eigenvalue weighted by Gasteiger charge is -2.27. The van der Waals surface area contributed by atoms with Crippen LogP contribution in [0.1, 0.15) is 24.0 Å². The van der Waals surface area contributed by atoms with Crippen molar-refractivity contribution >= 4 is 90.6 Å². The molecule has 2 aromatic heterocycles. The number of sulfonamides is 2. The van der Waals surface area contributed by atoms with Gasteiger partial charge in [0, 0.05) is 74.9 Å². The van der Waals surface area contributed by atoms with Gasteiger partial charge in [0.1, 0.15) is 0 Å². The number of nitrogens with zero attached hydrogens (tertiary/aromatic N) is 10. The van der Waals surface area contributed by atoms with Crippen molar-refractivity contribution in [1.29, 1.82) is 0 Å². The third-order valence-corrected chi connectivity index (χ3v) is 15.1. The highest BCUT2D eigenvalue weighted by atomic mass is 32.2. The molecule has 2 aliphatic heterocycles. The summed E-state index contributed by atoms with van der Waals surface area (Å²) in [5.74, 6) is 1.82. The molecule has 24 heteroatoms. The second-order valence-corrected chi connectivity index (χ2v) is 23.8. The van der Waals surface area contributed by atoms with Crippen LogP contribution in [0, 0.1) is 0 Å². The predicted octanol–water partition coefficient (Wildman–Crippen LogP) is 5.62. The first kappa shape index (κ1) is 55.3. The zero-order valence-electron chi connectivity index (χ0n) is 44.0. The van der Waals surface area contributed by atoms with Crippen molar-refractivity contribution in [2.45, 2.75) is 22.6 Å². The van der Waals surface area contributed by atoms with E-state index in [1.807, 2.05) is 113 Å². The Hall–Kier alpha value is -6.90. The van der Waals surface area contributed by atoms with Crippen LogP contribution in [-0.4, -0.2) is 177 Å². The summed E-state index contributed by atoms with van der Waals surface area (Å²) in [4.78, 5) is 32.2. The number of aromatic nitrogens is 6. The van der Waals surface area contributed by atoms with Crippen LogP contribution < -0.4 is 40.5 Å². The maximum absolute atomic E-state index is 14.4. The number of para-hydroxylation sites is 2. The third-order valence-electron chi connectivity index (χ3n) is 12.1. The summed E-state index contributed by atoms with van der Waals surface area (Å²) < 4.78 is 75.8. The Morgan fingerprint density at radius 2 is 0.816 bits per heavy atom. The first-order chi connectivity index (χ1) is 36.3. The molecule has 0 aliphatic carbocycles. The van der Waals surface area contributed by atoms with Crippen LogP contribution in [0.15, 0.2) is 107 Å². The zero-order valence-corrected chi connectivity index (χ0v) is 45.7. The van der Waals surface area contributed by atoms with Crippen molar-refractivity contribution < 1.29 is 35.3 Å². The highest BCUT2D eigenvalue weighted by molar-refractivity contribution is 7.89. The Labute approximate surface area is 446 Å². The average molecular weight is 1080 g/mol. The van der Waals surface area contributed by atoms with Gasteiger partial charge in [0.2, 0.25) is 55.7 Å². The minimum absolute atomic E-state index is 0.0453. The molecule has 0 unspecified atom stereocenters. The Morgan fingerprint density at radius 1 is 0.474 bits per heavy atom. The number of hydrogen-bond acceptors (Lipinski definition) is 18. The maximum Gasteiger partial charge on any atom is 0.241 e. The first-order valence-electron chi connectivity index (χ1n) is 25.3. The SMILES string of the molecule is C[N+](C)(C)CCCNS(=O)(=O)c1cc(Nc2nc(Nc3ccccc3)nc(N3CCOCC3)n2)ccc1/C=C/c1ccc(Nc2nc(Nc3ccccc3)nc(N3CCOCC3)n2)cc1S(=O)(=O)NCCC[N+](C)(C)C. The molecule has 0 bridgehead atoms. The van der Waals surface area contributed by atoms with Crippen LogP contribution in [-0.2, 0) is 29.5 Å². The fourth-order valence-corrected chi connectivity index (χ4v) is 10.7. The number of ether oxygens (including phenoxy) is 2. The van der Waals surface area contributed by atoms with Gasteiger partial charge in [-0.25, -0.2) is 26.3 Å². The Bertz CT molecular complexity index is 2940. The van der Waals surface area contributed by atoms with Gasteiger partial charge in [-0.15, -0.1) is 0 Å². The van der Waals surface area contributed by atoms with Crippen LogP contribution in [0.5, 0.6) is 0 Å². The second-order valence-electron chi connectivity index (χ2n) is 20.4. The summed E-state index contributed by atoms with van der Waals surface area (Å²) in [5.41, 5.74) is 2.95. The molecule has 6 aromatic rings. The van der Waals surface area contributed by atoms with Gasteiger partial charge in [0.25, 0.3) is 0 Å². The Morgan fingerprint density at radius 3 is 1.16 bits per heavy atom. The summed E-state index contributed by atoms with van der Waals surface area (Å²) in [5, 5.41) is 13.0. The van der Waals surface area contributed by atoms with Gasteiger partial charge in [-0.2, -0.15) is 29.9 Å². The van der Waals surface area contributed by atoms with Crippen LogP contribution in [0.25, 0.3) is 12.2 Å². The molecule has 0 saturated carbocycles. The van der Waals surface area contributed by atoms with Crippen molar-refractivity contribution in [1.82, 2.24) is 39.3 Å². The summed E-state index contributed by atoms with van der Waals surface area (Å²) in [7, 11) is 3.98. The molecule has 4 aromatic carbocycles. The van der Waals surface area contributed by atoms with E-state index in [-0.39, 0.29) is 34.8 Å². The summed E-state index contributed by atoms with van der Waals surface area (Å²) in [6, 6.07) is 28.8. The molecule has 0 radical (unpaired) electrons. The smallest absolute Gasteiger partial charge is 0.241 e. The lowest BCUT2D eigenvalue weighted by atomic mass is 10.1. The van der Waals surface area contributed by atoms with Gasteiger partial charge < -0.3 is 49.5 Å². The molecule has 404 valence electrons. The first-order valence-corrected chi connectivity index (χ1v) is 28.2. The molecule has 2 fully saturated rings. The van der Waals surface area contributed by atoms with Crippen LogP contribution in [0.3, 0.4) is 0 Å². The topological polar surface area (TPSA) is 243 Å². The predicted molar refractivity (Wildman–Crippen MR) is 299 cm³/mol. The van der Waals surface area contributed by atoms with Crippen LogP contribution >= 0.6 is 0 Å². The van der Waals surface area contributed by atoms with Crippen molar-refractivity contribution in [3.8, 4) is 0 Å². The number of anilines is 10. The van der Waals surface area contributed by atoms with Gasteiger partial charge in [-0.3, -0.25) is 0 Å². The molecule has 22 nitrogen and oxygen atoms in total. The molecule has 0 spiro atoms. The molecule has 4 heterocycles. The number of rotatable bonds is 24. The molecule has 8 rings (SSSR count). The molecular formula is C52H70N16O6S2+2. The van der Waals surface area contributed by atoms with E-state index in [1.165, 1.54) is 12.1 Å². The van der Waals surface area contributed by atoms with E-state index in [9.17, 15) is 16.8 Å². The van der Waals surface area contributed by atoms with E-state index in [2.05, 4.69) is 40.7 Å². The quantitative estimate of drug-likeness (QED) is 0.0245. The van der Waals surface area contributed by atoms with E-state index in [1.54, 1.807) is 36.4 Å². The van der Waals surface area contributed by atoms with Gasteiger partial charge in [-0.1, -0.05) is 60.7 Å². The number of morpholine rings is 2. The third kappa shape index (κ3) is 16.3. The standard InChI is InChI=1S/C52H70N16O6S2/c1-67(2,3)31-13-25-53-75(69,70)45-37-43(57-49-59-47(55-41-15-9-7-10-16-41)61-51(63-49)65-27-33-73-34-28-65)23-21-39(45)19-20-40-22-24-44(38-46(40)76(71,72)54-26-14-32-68(4,5)6)58-50-60-48(56-42-17-11-8-12-18-42)62-52(64-50)66-29-35-74-36-30-66/h7-12,15-24,37-38,53-54H,13-14,25-36H2,1-6H3,(H2,55,57,59,61,63)(H2,56,58,60,62,64)/q+2/b20-19+. The van der Waals surface area contributed by atoms with Gasteiger partial charge in [0.05, 0.1) is 91.6 Å². The van der Waals surface area contributed by atoms with E-state index >= 15 is 0 Å². The zero-order chi connectivity index (χ0) is 53.8. The normalized spacial score (nSPS) is 14.7.